The Morgan fingerprint density at radius 1 is 1.26 bits per heavy atom. The molecule has 0 unspecified atom stereocenters. The van der Waals surface area contributed by atoms with Gasteiger partial charge in [0.1, 0.15) is 5.82 Å². The number of pyridine rings is 1. The molecule has 0 spiro atoms. The summed E-state index contributed by atoms with van der Waals surface area (Å²) in [5.41, 5.74) is 2.00. The number of carbonyl (C=O) groups excluding carboxylic acids is 1. The summed E-state index contributed by atoms with van der Waals surface area (Å²) in [5, 5.41) is 15.7. The fourth-order valence-electron chi connectivity index (χ4n) is 3.06. The first-order valence-electron chi connectivity index (χ1n) is 8.42. The lowest BCUT2D eigenvalue weighted by Crippen LogP contribution is -2.30. The molecular formula is C19H16N4O3S. The lowest BCUT2D eigenvalue weighted by molar-refractivity contribution is -0.384. The van der Waals surface area contributed by atoms with Crippen LogP contribution in [0.5, 0.6) is 0 Å². The number of hydrogen-bond donors (Lipinski definition) is 1. The van der Waals surface area contributed by atoms with Crippen molar-refractivity contribution in [1.29, 1.82) is 0 Å². The first kappa shape index (κ1) is 17.2. The number of non-ortho nitro benzene ring substituents is 1. The molecule has 1 aliphatic heterocycles. The van der Waals surface area contributed by atoms with Crippen molar-refractivity contribution in [3.05, 3.63) is 80.2 Å². The molecule has 1 aliphatic rings. The summed E-state index contributed by atoms with van der Waals surface area (Å²) in [6.45, 7) is 1.76. The van der Waals surface area contributed by atoms with Gasteiger partial charge in [-0.2, -0.15) is 0 Å². The smallest absolute Gasteiger partial charge is 0.270 e. The van der Waals surface area contributed by atoms with E-state index in [1.54, 1.807) is 23.6 Å². The number of nitrogens with one attached hydrogen (secondary N) is 1. The first-order chi connectivity index (χ1) is 13.1. The summed E-state index contributed by atoms with van der Waals surface area (Å²) in [6, 6.07) is 11.5. The van der Waals surface area contributed by atoms with Crippen molar-refractivity contribution in [3.8, 4) is 0 Å². The largest absolute Gasteiger partial charge is 0.352 e. The van der Waals surface area contributed by atoms with Crippen LogP contribution in [-0.4, -0.2) is 22.4 Å². The number of fused-ring (bicyclic) bond motifs is 1. The van der Waals surface area contributed by atoms with Crippen molar-refractivity contribution in [2.45, 2.75) is 13.0 Å². The van der Waals surface area contributed by atoms with Crippen LogP contribution in [0.15, 0.2) is 54.0 Å². The van der Waals surface area contributed by atoms with Gasteiger partial charge in [-0.3, -0.25) is 14.9 Å². The average molecular weight is 380 g/mol. The van der Waals surface area contributed by atoms with E-state index in [2.05, 4.69) is 26.6 Å². The normalized spacial score (nSPS) is 13.1. The molecule has 0 bridgehead atoms. The van der Waals surface area contributed by atoms with E-state index in [-0.39, 0.29) is 11.3 Å². The highest BCUT2D eigenvalue weighted by Gasteiger charge is 2.18. The zero-order chi connectivity index (χ0) is 18.8. The van der Waals surface area contributed by atoms with Gasteiger partial charge in [-0.15, -0.1) is 11.3 Å². The van der Waals surface area contributed by atoms with E-state index in [9.17, 15) is 14.9 Å². The summed E-state index contributed by atoms with van der Waals surface area (Å²) < 4.78 is 0. The van der Waals surface area contributed by atoms with Crippen molar-refractivity contribution >= 4 is 34.4 Å². The molecule has 1 N–H and O–H groups in total. The molecule has 0 saturated carbocycles. The maximum atomic E-state index is 12.3. The monoisotopic (exact) mass is 380 g/mol. The molecule has 0 radical (unpaired) electrons. The van der Waals surface area contributed by atoms with Gasteiger partial charge in [0.25, 0.3) is 11.6 Å². The van der Waals surface area contributed by atoms with Gasteiger partial charge in [-0.1, -0.05) is 6.07 Å². The second kappa shape index (κ2) is 7.16. The maximum Gasteiger partial charge on any atom is 0.270 e. The molecule has 4 rings (SSSR count). The summed E-state index contributed by atoms with van der Waals surface area (Å²) in [6.07, 6.45) is 2.62. The Bertz CT molecular complexity index is 1000. The molecule has 0 saturated heterocycles. The van der Waals surface area contributed by atoms with Crippen molar-refractivity contribution < 1.29 is 9.72 Å². The quantitative estimate of drug-likeness (QED) is 0.548. The Hall–Kier alpha value is -3.26. The summed E-state index contributed by atoms with van der Waals surface area (Å²) in [4.78, 5) is 30.7. The topological polar surface area (TPSA) is 88.4 Å². The molecule has 27 heavy (non-hydrogen) atoms. The van der Waals surface area contributed by atoms with E-state index in [1.165, 1.54) is 34.7 Å². The predicted molar refractivity (Wildman–Crippen MR) is 104 cm³/mol. The zero-order valence-corrected chi connectivity index (χ0v) is 15.1. The number of thiophene rings is 1. The molecule has 8 heteroatoms. The first-order valence-corrected chi connectivity index (χ1v) is 9.30. The van der Waals surface area contributed by atoms with Gasteiger partial charge in [-0.05, 0) is 41.6 Å². The number of nitro groups is 1. The Labute approximate surface area is 159 Å². The van der Waals surface area contributed by atoms with Crippen LogP contribution in [-0.2, 0) is 13.0 Å². The van der Waals surface area contributed by atoms with Gasteiger partial charge < -0.3 is 10.2 Å². The number of nitrogens with zero attached hydrogens (tertiary/aromatic N) is 3. The minimum atomic E-state index is -0.523. The molecule has 2 aromatic heterocycles. The van der Waals surface area contributed by atoms with Crippen molar-refractivity contribution in [2.24, 2.45) is 0 Å². The van der Waals surface area contributed by atoms with Crippen molar-refractivity contribution in [1.82, 2.24) is 4.98 Å². The SMILES string of the molecule is O=C(Nc1ccc(N2CCc3sccc3C2)nc1)c1cccc([N+](=O)[O-])c1. The van der Waals surface area contributed by atoms with Gasteiger partial charge in [0, 0.05) is 35.7 Å². The number of hydrogen-bond acceptors (Lipinski definition) is 6. The lowest BCUT2D eigenvalue weighted by atomic mass is 10.1. The van der Waals surface area contributed by atoms with Gasteiger partial charge in [0.2, 0.25) is 0 Å². The van der Waals surface area contributed by atoms with E-state index in [4.69, 9.17) is 0 Å². The highest BCUT2D eigenvalue weighted by atomic mass is 32.1. The summed E-state index contributed by atoms with van der Waals surface area (Å²) in [7, 11) is 0. The molecule has 7 nitrogen and oxygen atoms in total. The highest BCUT2D eigenvalue weighted by Crippen LogP contribution is 2.27. The van der Waals surface area contributed by atoms with Gasteiger partial charge in [-0.25, -0.2) is 4.98 Å². The molecule has 0 aliphatic carbocycles. The van der Waals surface area contributed by atoms with Crippen LogP contribution in [0.25, 0.3) is 0 Å². The fourth-order valence-corrected chi connectivity index (χ4v) is 3.94. The minimum Gasteiger partial charge on any atom is -0.352 e. The number of benzene rings is 1. The lowest BCUT2D eigenvalue weighted by Gasteiger charge is -2.28. The Morgan fingerprint density at radius 2 is 2.15 bits per heavy atom. The van der Waals surface area contributed by atoms with Gasteiger partial charge in [0.15, 0.2) is 0 Å². The predicted octanol–water partition coefficient (Wildman–Crippen LogP) is 3.87. The van der Waals surface area contributed by atoms with Crippen LogP contribution in [0.3, 0.4) is 0 Å². The number of aromatic nitrogens is 1. The summed E-state index contributed by atoms with van der Waals surface area (Å²) >= 11 is 1.80. The Morgan fingerprint density at radius 3 is 2.93 bits per heavy atom. The number of anilines is 2. The molecule has 0 atom stereocenters. The molecule has 1 amide bonds. The van der Waals surface area contributed by atoms with E-state index in [0.29, 0.717) is 5.69 Å². The summed E-state index contributed by atoms with van der Waals surface area (Å²) in [5.74, 6) is 0.453. The maximum absolute atomic E-state index is 12.3. The Kier molecular flexibility index (Phi) is 4.55. The number of carbonyl (C=O) groups is 1. The molecule has 136 valence electrons. The molecule has 3 heterocycles. The standard InChI is InChI=1S/C19H16N4O3S/c24-19(13-2-1-3-16(10-13)23(25)26)21-15-4-5-18(20-11-15)22-8-6-17-14(12-22)7-9-27-17/h1-5,7,9-11H,6,8,12H2,(H,21,24). The van der Waals surface area contributed by atoms with Crippen LogP contribution in [0.2, 0.25) is 0 Å². The van der Waals surface area contributed by atoms with Crippen LogP contribution < -0.4 is 10.2 Å². The third-order valence-electron chi connectivity index (χ3n) is 4.46. The number of nitro benzene ring substituents is 1. The third-order valence-corrected chi connectivity index (χ3v) is 5.48. The van der Waals surface area contributed by atoms with Crippen LogP contribution in [0.1, 0.15) is 20.8 Å². The molecular weight excluding hydrogens is 364 g/mol. The van der Waals surface area contributed by atoms with Gasteiger partial charge >= 0.3 is 0 Å². The molecule has 0 fully saturated rings. The Balaban J connectivity index is 1.44. The zero-order valence-electron chi connectivity index (χ0n) is 14.3. The fraction of sp³-hybridized carbons (Fsp3) is 0.158. The number of amides is 1. The van der Waals surface area contributed by atoms with Crippen LogP contribution in [0.4, 0.5) is 17.2 Å². The van der Waals surface area contributed by atoms with E-state index < -0.39 is 10.8 Å². The van der Waals surface area contributed by atoms with Crippen LogP contribution >= 0.6 is 11.3 Å². The third kappa shape index (κ3) is 3.65. The second-order valence-corrected chi connectivity index (χ2v) is 7.21. The molecule has 1 aromatic carbocycles. The van der Waals surface area contributed by atoms with Crippen LogP contribution in [0, 0.1) is 10.1 Å². The van der Waals surface area contributed by atoms with E-state index in [0.717, 1.165) is 25.3 Å². The second-order valence-electron chi connectivity index (χ2n) is 6.21. The molecule has 3 aromatic rings. The highest BCUT2D eigenvalue weighted by molar-refractivity contribution is 7.10. The van der Waals surface area contributed by atoms with Crippen molar-refractivity contribution in [3.63, 3.8) is 0 Å². The minimum absolute atomic E-state index is 0.117. The van der Waals surface area contributed by atoms with Crippen molar-refractivity contribution in [2.75, 3.05) is 16.8 Å². The van der Waals surface area contributed by atoms with Gasteiger partial charge in [0.05, 0.1) is 16.8 Å². The number of rotatable bonds is 4. The van der Waals surface area contributed by atoms with E-state index >= 15 is 0 Å². The average Bonchev–Trinajstić information content (AvgIpc) is 3.16. The van der Waals surface area contributed by atoms with E-state index in [1.807, 2.05) is 6.07 Å².